The third-order valence-electron chi connectivity index (χ3n) is 9.89. The minimum absolute atomic E-state index is 0.126. The largest absolute Gasteiger partial charge is 0.457 e. The fraction of sp³-hybridized carbons (Fsp3) is 0.729. The average Bonchev–Trinajstić information content (AvgIpc) is 3.21. The molecule has 1 aliphatic heterocycles. The van der Waals surface area contributed by atoms with Gasteiger partial charge < -0.3 is 39.4 Å². The highest BCUT2D eigenvalue weighted by atomic mass is 16.7. The molecule has 0 radical (unpaired) electrons. The first kappa shape index (κ1) is 52.6. The molecule has 0 aromatic heterocycles. The SMILES string of the molecule is CC/C=C\C/C=C\C/C=C\C/C=C\C/C=C\C/C=C\CCCCCCC(=O)OC(COCCCCCCCCCCCCC)COC1OC(CO)C(O)C(O)C1O. The number of aliphatic hydroxyl groups excluding tert-OH is 4. The lowest BCUT2D eigenvalue weighted by Gasteiger charge is -2.39. The van der Waals surface area contributed by atoms with Crippen molar-refractivity contribution in [1.29, 1.82) is 0 Å². The summed E-state index contributed by atoms with van der Waals surface area (Å²) in [5.74, 6) is -0.340. The molecule has 328 valence electrons. The predicted octanol–water partition coefficient (Wildman–Crippen LogP) is 10.1. The Labute approximate surface area is 347 Å². The van der Waals surface area contributed by atoms with Gasteiger partial charge in [-0.05, 0) is 64.2 Å². The maximum atomic E-state index is 12.8. The van der Waals surface area contributed by atoms with Crippen LogP contribution in [-0.4, -0.2) is 89.6 Å². The number of hydrogen-bond acceptors (Lipinski definition) is 9. The minimum Gasteiger partial charge on any atom is -0.457 e. The Hall–Kier alpha value is -2.37. The number of carbonyl (C=O) groups excluding carboxylic acids is 1. The number of carbonyl (C=O) groups is 1. The summed E-state index contributed by atoms with van der Waals surface area (Å²) in [5, 5.41) is 40.1. The van der Waals surface area contributed by atoms with E-state index in [1.165, 1.54) is 57.8 Å². The molecule has 1 saturated heterocycles. The molecule has 9 heteroatoms. The van der Waals surface area contributed by atoms with Crippen LogP contribution >= 0.6 is 0 Å². The van der Waals surface area contributed by atoms with E-state index in [0.29, 0.717) is 6.61 Å². The Morgan fingerprint density at radius 2 is 1.07 bits per heavy atom. The van der Waals surface area contributed by atoms with Crippen LogP contribution in [0.4, 0.5) is 0 Å². The first-order chi connectivity index (χ1) is 27.9. The van der Waals surface area contributed by atoms with E-state index in [2.05, 4.69) is 86.8 Å². The Morgan fingerprint density at radius 1 is 0.579 bits per heavy atom. The number of ether oxygens (including phenoxy) is 4. The topological polar surface area (TPSA) is 135 Å². The van der Waals surface area contributed by atoms with Crippen LogP contribution in [0.1, 0.15) is 162 Å². The number of unbranched alkanes of at least 4 members (excludes halogenated alkanes) is 14. The molecule has 0 aliphatic carbocycles. The highest BCUT2D eigenvalue weighted by Crippen LogP contribution is 2.22. The summed E-state index contributed by atoms with van der Waals surface area (Å²) in [6.45, 7) is 4.39. The molecule has 0 aromatic carbocycles. The van der Waals surface area contributed by atoms with Gasteiger partial charge in [-0.2, -0.15) is 0 Å². The summed E-state index contributed by atoms with van der Waals surface area (Å²) in [4.78, 5) is 12.8. The Balaban J connectivity index is 2.27. The monoisotopic (exact) mass is 803 g/mol. The molecule has 0 aromatic rings. The Morgan fingerprint density at radius 3 is 1.61 bits per heavy atom. The minimum atomic E-state index is -1.54. The van der Waals surface area contributed by atoms with Gasteiger partial charge in [0.05, 0.1) is 19.8 Å². The molecule has 6 atom stereocenters. The number of esters is 1. The van der Waals surface area contributed by atoms with Crippen molar-refractivity contribution in [3.05, 3.63) is 72.9 Å². The highest BCUT2D eigenvalue weighted by Gasteiger charge is 2.44. The average molecular weight is 803 g/mol. The van der Waals surface area contributed by atoms with Crippen molar-refractivity contribution in [2.45, 2.75) is 198 Å². The van der Waals surface area contributed by atoms with Gasteiger partial charge in [0.15, 0.2) is 6.29 Å². The van der Waals surface area contributed by atoms with Crippen LogP contribution < -0.4 is 0 Å². The molecule has 0 saturated carbocycles. The smallest absolute Gasteiger partial charge is 0.306 e. The molecular weight excluding hydrogens is 721 g/mol. The normalized spacial score (nSPS) is 21.1. The van der Waals surface area contributed by atoms with E-state index in [9.17, 15) is 25.2 Å². The van der Waals surface area contributed by atoms with Gasteiger partial charge in [0.2, 0.25) is 0 Å². The maximum Gasteiger partial charge on any atom is 0.306 e. The van der Waals surface area contributed by atoms with E-state index in [1.807, 2.05) is 0 Å². The van der Waals surface area contributed by atoms with Gasteiger partial charge in [-0.15, -0.1) is 0 Å². The van der Waals surface area contributed by atoms with Gasteiger partial charge >= 0.3 is 5.97 Å². The van der Waals surface area contributed by atoms with Crippen molar-refractivity contribution in [2.24, 2.45) is 0 Å². The summed E-state index contributed by atoms with van der Waals surface area (Å²) in [5.41, 5.74) is 0. The van der Waals surface area contributed by atoms with Crippen molar-refractivity contribution >= 4 is 5.97 Å². The van der Waals surface area contributed by atoms with Crippen molar-refractivity contribution in [3.8, 4) is 0 Å². The standard InChI is InChI=1S/C48H82O9/c1-3-5-7-9-11-13-15-16-17-18-19-20-21-22-23-24-25-26-27-29-31-33-35-37-44(50)56-42(41-55-48-47(53)46(52)45(51)43(39-49)57-48)40-54-38-36-34-32-30-28-14-12-10-8-6-4-2/h5,7,11,13,16-17,19-20,22-23,25-26,42-43,45-49,51-53H,3-4,6,8-10,12,14-15,18,21,24,27-41H2,1-2H3/b7-5-,13-11-,17-16-,20-19-,23-22-,26-25-. The van der Waals surface area contributed by atoms with E-state index in [0.717, 1.165) is 83.5 Å². The van der Waals surface area contributed by atoms with E-state index in [-0.39, 0.29) is 25.6 Å². The number of allylic oxidation sites excluding steroid dienone is 12. The lowest BCUT2D eigenvalue weighted by Crippen LogP contribution is -2.59. The third-order valence-corrected chi connectivity index (χ3v) is 9.89. The molecule has 1 rings (SSSR count). The summed E-state index contributed by atoms with van der Waals surface area (Å²) in [6.07, 6.45) is 43.5. The van der Waals surface area contributed by atoms with E-state index in [1.54, 1.807) is 0 Å². The predicted molar refractivity (Wildman–Crippen MR) is 233 cm³/mol. The third kappa shape index (κ3) is 30.4. The van der Waals surface area contributed by atoms with Gasteiger partial charge in [0, 0.05) is 13.0 Å². The first-order valence-corrected chi connectivity index (χ1v) is 22.5. The lowest BCUT2D eigenvalue weighted by molar-refractivity contribution is -0.305. The second-order valence-electron chi connectivity index (χ2n) is 15.1. The number of hydrogen-bond donors (Lipinski definition) is 4. The molecule has 1 fully saturated rings. The van der Waals surface area contributed by atoms with Crippen LogP contribution in [0, 0.1) is 0 Å². The summed E-state index contributed by atoms with van der Waals surface area (Å²) in [6, 6.07) is 0. The van der Waals surface area contributed by atoms with Crippen molar-refractivity contribution < 1.29 is 44.2 Å². The van der Waals surface area contributed by atoms with Gasteiger partial charge in [0.25, 0.3) is 0 Å². The Bertz CT molecular complexity index is 1100. The summed E-state index contributed by atoms with van der Waals surface area (Å²) >= 11 is 0. The van der Waals surface area contributed by atoms with Gasteiger partial charge in [-0.25, -0.2) is 0 Å². The van der Waals surface area contributed by atoms with Crippen LogP contribution in [-0.2, 0) is 23.7 Å². The second-order valence-corrected chi connectivity index (χ2v) is 15.1. The molecule has 4 N–H and O–H groups in total. The zero-order chi connectivity index (χ0) is 41.4. The molecule has 57 heavy (non-hydrogen) atoms. The van der Waals surface area contributed by atoms with Gasteiger partial charge in [-0.3, -0.25) is 4.79 Å². The fourth-order valence-corrected chi connectivity index (χ4v) is 6.38. The molecule has 0 spiro atoms. The van der Waals surface area contributed by atoms with E-state index in [4.69, 9.17) is 18.9 Å². The molecule has 0 bridgehead atoms. The van der Waals surface area contributed by atoms with Crippen LogP contribution in [0.5, 0.6) is 0 Å². The first-order valence-electron chi connectivity index (χ1n) is 22.5. The molecule has 1 aliphatic rings. The lowest BCUT2D eigenvalue weighted by atomic mass is 9.99. The zero-order valence-electron chi connectivity index (χ0n) is 35.8. The van der Waals surface area contributed by atoms with Crippen LogP contribution in [0.2, 0.25) is 0 Å². The Kier molecular flexibility index (Phi) is 36.1. The quantitative estimate of drug-likeness (QED) is 0.0275. The summed E-state index contributed by atoms with van der Waals surface area (Å²) in [7, 11) is 0. The number of rotatable bonds is 37. The van der Waals surface area contributed by atoms with Gasteiger partial charge in [0.1, 0.15) is 30.5 Å². The maximum absolute atomic E-state index is 12.8. The van der Waals surface area contributed by atoms with Crippen LogP contribution in [0.3, 0.4) is 0 Å². The highest BCUT2D eigenvalue weighted by molar-refractivity contribution is 5.69. The molecule has 0 amide bonds. The number of aliphatic hydroxyl groups is 4. The van der Waals surface area contributed by atoms with Crippen molar-refractivity contribution in [1.82, 2.24) is 0 Å². The zero-order valence-corrected chi connectivity index (χ0v) is 35.8. The molecular formula is C48H82O9. The fourth-order valence-electron chi connectivity index (χ4n) is 6.38. The van der Waals surface area contributed by atoms with Crippen LogP contribution in [0.25, 0.3) is 0 Å². The van der Waals surface area contributed by atoms with Crippen molar-refractivity contribution in [2.75, 3.05) is 26.4 Å². The molecule has 9 nitrogen and oxygen atoms in total. The van der Waals surface area contributed by atoms with Crippen molar-refractivity contribution in [3.63, 3.8) is 0 Å². The van der Waals surface area contributed by atoms with Crippen LogP contribution in [0.15, 0.2) is 72.9 Å². The molecule has 6 unspecified atom stereocenters. The van der Waals surface area contributed by atoms with E-state index >= 15 is 0 Å². The summed E-state index contributed by atoms with van der Waals surface area (Å²) < 4.78 is 22.7. The van der Waals surface area contributed by atoms with Gasteiger partial charge in [-0.1, -0.05) is 164 Å². The second kappa shape index (κ2) is 39.1. The van der Waals surface area contributed by atoms with E-state index < -0.39 is 43.4 Å². The molecule has 1 heterocycles.